The van der Waals surface area contributed by atoms with E-state index in [4.69, 9.17) is 22.2 Å². The van der Waals surface area contributed by atoms with Gasteiger partial charge in [-0.2, -0.15) is 13.5 Å². The molecule has 4 rings (SSSR count). The van der Waals surface area contributed by atoms with Crippen molar-refractivity contribution in [3.05, 3.63) is 83.5 Å². The number of nitrogens with one attached hydrogen (secondary N) is 2. The molecule has 0 unspecified atom stereocenters. The molecule has 11 heteroatoms. The number of nitrogens with zero attached hydrogens (tertiary/aromatic N) is 2. The molecule has 1 atom stereocenters. The molecular weight excluding hydrogens is 478 g/mol. The van der Waals surface area contributed by atoms with Gasteiger partial charge >= 0.3 is 0 Å². The molecule has 5 N–H and O–H groups in total. The van der Waals surface area contributed by atoms with Gasteiger partial charge in [0.15, 0.2) is 0 Å². The number of halogens is 1. The highest BCUT2D eigenvalue weighted by Crippen LogP contribution is 2.25. The van der Waals surface area contributed by atoms with Crippen molar-refractivity contribution in [2.75, 3.05) is 24.1 Å². The lowest BCUT2D eigenvalue weighted by atomic mass is 10.1. The standard InChI is InChI=1S/C23H24ClN5O4S/c24-23-20-10-9-18(14-21(20)27-28-23)33-12-11-26-15-22(30)16-5-4-6-17(13-16)29(25)34(31,32)19-7-2-1-3-8-19/h1-10,13-14,22,26,30H,11-12,15,25H2,(H,27,28)/t22-/m0/s1. The molecule has 0 aliphatic carbocycles. The number of hydrogen-bond donors (Lipinski definition) is 4. The molecule has 178 valence electrons. The van der Waals surface area contributed by atoms with Crippen LogP contribution in [0.4, 0.5) is 5.69 Å². The third-order valence-corrected chi connectivity index (χ3v) is 7.06. The zero-order valence-electron chi connectivity index (χ0n) is 18.1. The Morgan fingerprint density at radius 2 is 1.91 bits per heavy atom. The summed E-state index contributed by atoms with van der Waals surface area (Å²) in [4.78, 5) is 0.0830. The number of aliphatic hydroxyl groups excluding tert-OH is 1. The van der Waals surface area contributed by atoms with Gasteiger partial charge in [0.2, 0.25) is 0 Å². The van der Waals surface area contributed by atoms with Gasteiger partial charge in [-0.05, 0) is 42.0 Å². The Labute approximate surface area is 202 Å². The van der Waals surface area contributed by atoms with Gasteiger partial charge in [-0.25, -0.2) is 10.3 Å². The third-order valence-electron chi connectivity index (χ3n) is 5.17. The van der Waals surface area contributed by atoms with E-state index in [0.717, 1.165) is 5.39 Å². The lowest BCUT2D eigenvalue weighted by Crippen LogP contribution is -2.37. The molecule has 4 aromatic rings. The Bertz CT molecular complexity index is 1360. The quantitative estimate of drug-likeness (QED) is 0.149. The maximum Gasteiger partial charge on any atom is 0.277 e. The first-order valence-electron chi connectivity index (χ1n) is 10.5. The highest BCUT2D eigenvalue weighted by atomic mass is 35.5. The zero-order valence-corrected chi connectivity index (χ0v) is 19.6. The van der Waals surface area contributed by atoms with Crippen molar-refractivity contribution < 1.29 is 18.3 Å². The van der Waals surface area contributed by atoms with Crippen molar-refractivity contribution in [3.8, 4) is 5.75 Å². The molecule has 1 aromatic heterocycles. The van der Waals surface area contributed by atoms with E-state index in [1.54, 1.807) is 48.5 Å². The minimum atomic E-state index is -3.91. The second kappa shape index (κ2) is 10.4. The fourth-order valence-electron chi connectivity index (χ4n) is 3.36. The number of aliphatic hydroxyl groups is 1. The number of aromatic nitrogens is 2. The number of hydrogen-bond acceptors (Lipinski definition) is 7. The molecular formula is C23H24ClN5O4S. The van der Waals surface area contributed by atoms with Gasteiger partial charge in [0.05, 0.1) is 22.2 Å². The summed E-state index contributed by atoms with van der Waals surface area (Å²) in [6.45, 7) is 1.11. The third kappa shape index (κ3) is 5.32. The van der Waals surface area contributed by atoms with Crippen LogP contribution in [0, 0.1) is 0 Å². The van der Waals surface area contributed by atoms with Crippen LogP contribution in [0.5, 0.6) is 5.75 Å². The van der Waals surface area contributed by atoms with Crippen molar-refractivity contribution >= 4 is 38.2 Å². The van der Waals surface area contributed by atoms with Gasteiger partial charge < -0.3 is 15.2 Å². The maximum atomic E-state index is 12.7. The first kappa shape index (κ1) is 24.0. The predicted octanol–water partition coefficient (Wildman–Crippen LogP) is 2.99. The smallest absolute Gasteiger partial charge is 0.277 e. The van der Waals surface area contributed by atoms with Crippen molar-refractivity contribution in [1.82, 2.24) is 15.5 Å². The first-order valence-corrected chi connectivity index (χ1v) is 12.3. The van der Waals surface area contributed by atoms with Crippen LogP contribution < -0.4 is 20.3 Å². The summed E-state index contributed by atoms with van der Waals surface area (Å²) in [6.07, 6.45) is -0.865. The van der Waals surface area contributed by atoms with Crippen molar-refractivity contribution in [3.63, 3.8) is 0 Å². The predicted molar refractivity (Wildman–Crippen MR) is 131 cm³/mol. The Kier molecular flexibility index (Phi) is 7.35. The average molecular weight is 502 g/mol. The topological polar surface area (TPSA) is 134 Å². The van der Waals surface area contributed by atoms with E-state index in [-0.39, 0.29) is 17.1 Å². The lowest BCUT2D eigenvalue weighted by Gasteiger charge is -2.20. The summed E-state index contributed by atoms with van der Waals surface area (Å²) in [5.41, 5.74) is 1.50. The van der Waals surface area contributed by atoms with Gasteiger partial charge in [-0.1, -0.05) is 41.9 Å². The van der Waals surface area contributed by atoms with E-state index in [0.29, 0.717) is 39.5 Å². The molecule has 0 aliphatic heterocycles. The largest absolute Gasteiger partial charge is 0.492 e. The molecule has 0 saturated carbocycles. The van der Waals surface area contributed by atoms with E-state index in [9.17, 15) is 13.5 Å². The van der Waals surface area contributed by atoms with E-state index in [1.807, 2.05) is 12.1 Å². The van der Waals surface area contributed by atoms with Crippen LogP contribution in [-0.4, -0.2) is 43.4 Å². The number of ether oxygens (including phenoxy) is 1. The number of aromatic amines is 1. The Hall–Kier alpha value is -3.15. The molecule has 34 heavy (non-hydrogen) atoms. The average Bonchev–Trinajstić information content (AvgIpc) is 3.23. The summed E-state index contributed by atoms with van der Waals surface area (Å²) in [7, 11) is -3.91. The van der Waals surface area contributed by atoms with E-state index < -0.39 is 16.1 Å². The summed E-state index contributed by atoms with van der Waals surface area (Å²) in [6, 6.07) is 19.8. The highest BCUT2D eigenvalue weighted by molar-refractivity contribution is 7.92. The molecule has 0 bridgehead atoms. The Morgan fingerprint density at radius 3 is 2.71 bits per heavy atom. The molecule has 9 nitrogen and oxygen atoms in total. The number of H-pyrrole nitrogens is 1. The maximum absolute atomic E-state index is 12.7. The molecule has 0 amide bonds. The number of anilines is 1. The Balaban J connectivity index is 1.30. The molecule has 3 aromatic carbocycles. The second-order valence-corrected chi connectivity index (χ2v) is 9.69. The van der Waals surface area contributed by atoms with Crippen molar-refractivity contribution in [2.24, 2.45) is 5.84 Å². The normalized spacial score (nSPS) is 12.6. The van der Waals surface area contributed by atoms with Crippen LogP contribution in [0.3, 0.4) is 0 Å². The van der Waals surface area contributed by atoms with Gasteiger partial charge in [0.1, 0.15) is 17.5 Å². The van der Waals surface area contributed by atoms with Crippen molar-refractivity contribution in [2.45, 2.75) is 11.0 Å². The van der Waals surface area contributed by atoms with Crippen LogP contribution >= 0.6 is 11.6 Å². The van der Waals surface area contributed by atoms with Gasteiger partial charge in [-0.15, -0.1) is 0 Å². The summed E-state index contributed by atoms with van der Waals surface area (Å²) < 4.78 is 31.9. The van der Waals surface area contributed by atoms with E-state index in [2.05, 4.69) is 15.5 Å². The summed E-state index contributed by atoms with van der Waals surface area (Å²) in [5.74, 6) is 6.58. The van der Waals surface area contributed by atoms with Crippen LogP contribution in [0.15, 0.2) is 77.7 Å². The van der Waals surface area contributed by atoms with Gasteiger partial charge in [-0.3, -0.25) is 5.10 Å². The molecule has 0 aliphatic rings. The Morgan fingerprint density at radius 1 is 1.12 bits per heavy atom. The fourth-order valence-corrected chi connectivity index (χ4v) is 4.68. The van der Waals surface area contributed by atoms with Crippen LogP contribution in [0.25, 0.3) is 10.9 Å². The highest BCUT2D eigenvalue weighted by Gasteiger charge is 2.22. The molecule has 1 heterocycles. The number of rotatable bonds is 10. The summed E-state index contributed by atoms with van der Waals surface area (Å²) in [5, 5.41) is 21.8. The van der Waals surface area contributed by atoms with Crippen LogP contribution in [0.1, 0.15) is 11.7 Å². The van der Waals surface area contributed by atoms with E-state index >= 15 is 0 Å². The number of benzene rings is 3. The first-order chi connectivity index (χ1) is 16.4. The fraction of sp³-hybridized carbons (Fsp3) is 0.174. The minimum absolute atomic E-state index is 0.0830. The number of fused-ring (bicyclic) bond motifs is 1. The minimum Gasteiger partial charge on any atom is -0.492 e. The zero-order chi connectivity index (χ0) is 24.1. The SMILES string of the molecule is NN(c1cccc([C@@H](O)CNCCOc2ccc3c(Cl)[nH]nc3c2)c1)S(=O)(=O)c1ccccc1. The molecule has 0 spiro atoms. The molecule has 0 radical (unpaired) electrons. The molecule has 0 fully saturated rings. The van der Waals surface area contributed by atoms with Crippen LogP contribution in [-0.2, 0) is 10.0 Å². The summed E-state index contributed by atoms with van der Waals surface area (Å²) >= 11 is 6.00. The number of hydrazine groups is 1. The van der Waals surface area contributed by atoms with Crippen molar-refractivity contribution in [1.29, 1.82) is 0 Å². The molecule has 0 saturated heterocycles. The number of sulfonamides is 1. The lowest BCUT2D eigenvalue weighted by molar-refractivity contribution is 0.172. The van der Waals surface area contributed by atoms with Gasteiger partial charge in [0, 0.05) is 24.5 Å². The monoisotopic (exact) mass is 501 g/mol. The van der Waals surface area contributed by atoms with Gasteiger partial charge in [0.25, 0.3) is 10.0 Å². The number of nitrogens with two attached hydrogens (primary N) is 1. The van der Waals surface area contributed by atoms with Crippen LogP contribution in [0.2, 0.25) is 5.15 Å². The van der Waals surface area contributed by atoms with E-state index in [1.165, 1.54) is 12.1 Å². The second-order valence-electron chi connectivity index (χ2n) is 7.49.